The number of nitrogen functional groups attached to an aromatic ring is 1. The molecule has 2 aromatic carbocycles. The molecule has 0 saturated heterocycles. The van der Waals surface area contributed by atoms with E-state index in [1.165, 1.54) is 30.3 Å². The number of anilines is 1. The van der Waals surface area contributed by atoms with E-state index in [0.29, 0.717) is 22.2 Å². The van der Waals surface area contributed by atoms with Crippen LogP contribution in [0.4, 0.5) is 10.2 Å². The van der Waals surface area contributed by atoms with Gasteiger partial charge in [0, 0.05) is 23.3 Å². The molecule has 30 heavy (non-hydrogen) atoms. The number of sulfonamides is 1. The van der Waals surface area contributed by atoms with Crippen molar-refractivity contribution in [3.8, 4) is 11.4 Å². The van der Waals surface area contributed by atoms with Crippen LogP contribution < -0.4 is 15.6 Å². The molecular formula is C20H18FN5O3S. The highest BCUT2D eigenvalue weighted by atomic mass is 32.2. The first-order chi connectivity index (χ1) is 14.2. The first-order valence-corrected chi connectivity index (χ1v) is 10.5. The minimum Gasteiger partial charge on any atom is -0.482 e. The molecule has 0 fully saturated rings. The Balaban J connectivity index is 1.78. The molecule has 0 aliphatic carbocycles. The van der Waals surface area contributed by atoms with Gasteiger partial charge < -0.3 is 10.5 Å². The minimum absolute atomic E-state index is 0.0597. The predicted molar refractivity (Wildman–Crippen MR) is 110 cm³/mol. The molecule has 8 nitrogen and oxygen atoms in total. The van der Waals surface area contributed by atoms with Crippen molar-refractivity contribution in [2.45, 2.75) is 17.9 Å². The normalized spacial score (nSPS) is 12.8. The zero-order valence-electron chi connectivity index (χ0n) is 15.9. The maximum absolute atomic E-state index is 13.6. The summed E-state index contributed by atoms with van der Waals surface area (Å²) in [4.78, 5) is 4.19. The third-order valence-electron chi connectivity index (χ3n) is 4.59. The van der Waals surface area contributed by atoms with Crippen molar-refractivity contribution in [2.24, 2.45) is 5.14 Å². The molecule has 0 unspecified atom stereocenters. The Hall–Kier alpha value is -3.50. The van der Waals surface area contributed by atoms with E-state index < -0.39 is 21.9 Å². The van der Waals surface area contributed by atoms with Crippen LogP contribution in [0.25, 0.3) is 16.6 Å². The van der Waals surface area contributed by atoms with Crippen molar-refractivity contribution in [3.63, 3.8) is 0 Å². The van der Waals surface area contributed by atoms with Crippen molar-refractivity contribution >= 4 is 26.7 Å². The Morgan fingerprint density at radius 3 is 2.67 bits per heavy atom. The van der Waals surface area contributed by atoms with E-state index in [0.717, 1.165) is 0 Å². The quantitative estimate of drug-likeness (QED) is 0.504. The van der Waals surface area contributed by atoms with E-state index in [1.807, 2.05) is 0 Å². The molecule has 0 aliphatic heterocycles. The van der Waals surface area contributed by atoms with Gasteiger partial charge in [0.1, 0.15) is 11.9 Å². The molecule has 0 bridgehead atoms. The molecule has 4 rings (SSSR count). The Bertz CT molecular complexity index is 1340. The summed E-state index contributed by atoms with van der Waals surface area (Å²) in [6.07, 6.45) is 2.67. The lowest BCUT2D eigenvalue weighted by Gasteiger charge is -2.20. The third-order valence-corrected chi connectivity index (χ3v) is 5.50. The van der Waals surface area contributed by atoms with Crippen LogP contribution in [0.1, 0.15) is 18.6 Å². The maximum atomic E-state index is 13.6. The fourth-order valence-electron chi connectivity index (χ4n) is 3.15. The van der Waals surface area contributed by atoms with Crippen LogP contribution in [-0.4, -0.2) is 23.2 Å². The molecule has 4 N–H and O–H groups in total. The first kappa shape index (κ1) is 19.8. The van der Waals surface area contributed by atoms with Crippen molar-refractivity contribution in [3.05, 3.63) is 72.3 Å². The summed E-state index contributed by atoms with van der Waals surface area (Å²) in [5.41, 5.74) is 7.68. The largest absolute Gasteiger partial charge is 0.482 e. The lowest BCUT2D eigenvalue weighted by atomic mass is 10.1. The Labute approximate surface area is 172 Å². The lowest BCUT2D eigenvalue weighted by molar-refractivity contribution is 0.227. The highest BCUT2D eigenvalue weighted by molar-refractivity contribution is 7.89. The summed E-state index contributed by atoms with van der Waals surface area (Å²) < 4.78 is 44.9. The summed E-state index contributed by atoms with van der Waals surface area (Å²) in [6, 6.07) is 11.9. The number of rotatable bonds is 5. The molecule has 2 heterocycles. The van der Waals surface area contributed by atoms with E-state index >= 15 is 0 Å². The van der Waals surface area contributed by atoms with Gasteiger partial charge in [-0.25, -0.2) is 27.6 Å². The SMILES string of the molecule is C[C@H](Oc1cc2cc(F)ccc2nc1N)c1cc(S(N)(=O)=O)ccc1-n1cccn1. The van der Waals surface area contributed by atoms with Crippen LogP contribution in [0.2, 0.25) is 0 Å². The molecule has 0 aliphatic rings. The number of ether oxygens (including phenoxy) is 1. The van der Waals surface area contributed by atoms with Crippen LogP contribution in [0.5, 0.6) is 5.75 Å². The molecule has 10 heteroatoms. The number of halogens is 1. The molecule has 4 aromatic rings. The molecular weight excluding hydrogens is 409 g/mol. The van der Waals surface area contributed by atoms with Gasteiger partial charge in [0.2, 0.25) is 10.0 Å². The van der Waals surface area contributed by atoms with Crippen LogP contribution >= 0.6 is 0 Å². The van der Waals surface area contributed by atoms with E-state index in [4.69, 9.17) is 15.6 Å². The molecule has 0 saturated carbocycles. The van der Waals surface area contributed by atoms with Gasteiger partial charge >= 0.3 is 0 Å². The van der Waals surface area contributed by atoms with Gasteiger partial charge in [0.05, 0.1) is 16.1 Å². The number of benzene rings is 2. The number of fused-ring (bicyclic) bond motifs is 1. The highest BCUT2D eigenvalue weighted by Crippen LogP contribution is 2.32. The highest BCUT2D eigenvalue weighted by Gasteiger charge is 2.20. The molecule has 0 amide bonds. The summed E-state index contributed by atoms with van der Waals surface area (Å²) >= 11 is 0. The second-order valence-corrected chi connectivity index (χ2v) is 8.25. The average Bonchev–Trinajstić information content (AvgIpc) is 3.22. The van der Waals surface area contributed by atoms with Crippen LogP contribution in [0.3, 0.4) is 0 Å². The van der Waals surface area contributed by atoms with Gasteiger partial charge in [-0.15, -0.1) is 0 Å². The number of nitrogens with zero attached hydrogens (tertiary/aromatic N) is 3. The molecule has 1 atom stereocenters. The zero-order valence-corrected chi connectivity index (χ0v) is 16.7. The number of primary sulfonamides is 1. The molecule has 0 spiro atoms. The van der Waals surface area contributed by atoms with Crippen LogP contribution in [0.15, 0.2) is 65.8 Å². The number of pyridine rings is 1. The smallest absolute Gasteiger partial charge is 0.238 e. The molecule has 0 radical (unpaired) electrons. The number of nitrogens with two attached hydrogens (primary N) is 2. The van der Waals surface area contributed by atoms with Gasteiger partial charge in [-0.05, 0) is 55.5 Å². The van der Waals surface area contributed by atoms with Crippen molar-refractivity contribution < 1.29 is 17.5 Å². The van der Waals surface area contributed by atoms with Crippen LogP contribution in [0, 0.1) is 5.82 Å². The fourth-order valence-corrected chi connectivity index (χ4v) is 3.70. The second-order valence-electron chi connectivity index (χ2n) is 6.69. The summed E-state index contributed by atoms with van der Waals surface area (Å²) in [5, 5.41) is 10.0. The minimum atomic E-state index is -3.92. The van der Waals surface area contributed by atoms with E-state index in [1.54, 1.807) is 42.2 Å². The van der Waals surface area contributed by atoms with Gasteiger partial charge in [0.15, 0.2) is 11.6 Å². The van der Waals surface area contributed by atoms with Crippen molar-refractivity contribution in [1.82, 2.24) is 14.8 Å². The predicted octanol–water partition coefficient (Wildman–Crippen LogP) is 2.93. The van der Waals surface area contributed by atoms with Gasteiger partial charge in [-0.1, -0.05) is 0 Å². The number of hydrogen-bond donors (Lipinski definition) is 2. The van der Waals surface area contributed by atoms with E-state index in [9.17, 15) is 12.8 Å². The second kappa shape index (κ2) is 7.39. The average molecular weight is 427 g/mol. The van der Waals surface area contributed by atoms with Crippen molar-refractivity contribution in [2.75, 3.05) is 5.73 Å². The Morgan fingerprint density at radius 2 is 1.97 bits per heavy atom. The Kier molecular flexibility index (Phi) is 4.88. The summed E-state index contributed by atoms with van der Waals surface area (Å²) in [6.45, 7) is 1.73. The summed E-state index contributed by atoms with van der Waals surface area (Å²) in [7, 11) is -3.92. The summed E-state index contributed by atoms with van der Waals surface area (Å²) in [5.74, 6) is -0.0351. The zero-order chi connectivity index (χ0) is 21.5. The lowest BCUT2D eigenvalue weighted by Crippen LogP contribution is -2.15. The Morgan fingerprint density at radius 1 is 1.17 bits per heavy atom. The maximum Gasteiger partial charge on any atom is 0.238 e. The first-order valence-electron chi connectivity index (χ1n) is 8.91. The number of hydrogen-bond acceptors (Lipinski definition) is 6. The van der Waals surface area contributed by atoms with Gasteiger partial charge in [-0.2, -0.15) is 5.10 Å². The van der Waals surface area contributed by atoms with Crippen LogP contribution in [-0.2, 0) is 10.0 Å². The number of aromatic nitrogens is 3. The van der Waals surface area contributed by atoms with E-state index in [2.05, 4.69) is 10.1 Å². The topological polar surface area (TPSA) is 126 Å². The monoisotopic (exact) mass is 427 g/mol. The molecule has 154 valence electrons. The third kappa shape index (κ3) is 3.82. The van der Waals surface area contributed by atoms with Gasteiger partial charge in [-0.3, -0.25) is 0 Å². The van der Waals surface area contributed by atoms with Gasteiger partial charge in [0.25, 0.3) is 0 Å². The van der Waals surface area contributed by atoms with Crippen molar-refractivity contribution in [1.29, 1.82) is 0 Å². The van der Waals surface area contributed by atoms with E-state index in [-0.39, 0.29) is 16.5 Å². The standard InChI is InChI=1S/C20H18FN5O3S/c1-12(29-19-10-13-9-14(21)3-5-17(13)25-20(19)22)16-11-15(30(23,27)28)4-6-18(16)26-8-2-7-24-26/h2-12H,1H3,(H2,22,25)(H2,23,27,28)/t12-/m0/s1. The molecule has 2 aromatic heterocycles. The fraction of sp³-hybridized carbons (Fsp3) is 0.100.